The van der Waals surface area contributed by atoms with E-state index in [0.29, 0.717) is 6.04 Å². The third-order valence-corrected chi connectivity index (χ3v) is 3.03. The monoisotopic (exact) mass is 248 g/mol. The minimum atomic E-state index is -0.0480. The van der Waals surface area contributed by atoms with E-state index in [4.69, 9.17) is 10.5 Å². The summed E-state index contributed by atoms with van der Waals surface area (Å²) in [6.45, 7) is 3.98. The lowest BCUT2D eigenvalue weighted by Crippen LogP contribution is -2.30. The van der Waals surface area contributed by atoms with Crippen LogP contribution in [0.3, 0.4) is 0 Å². The Morgan fingerprint density at radius 2 is 2.28 bits per heavy atom. The van der Waals surface area contributed by atoms with Crippen LogP contribution < -0.4 is 15.8 Å². The Bertz CT molecular complexity index is 439. The topological polar surface area (TPSA) is 64.3 Å². The summed E-state index contributed by atoms with van der Waals surface area (Å²) in [5, 5.41) is 2.89. The Hall–Kier alpha value is -1.55. The van der Waals surface area contributed by atoms with Crippen molar-refractivity contribution in [2.24, 2.45) is 5.73 Å². The maximum atomic E-state index is 11.5. The van der Waals surface area contributed by atoms with E-state index in [-0.39, 0.29) is 18.6 Å². The molecule has 1 amide bonds. The summed E-state index contributed by atoms with van der Waals surface area (Å²) >= 11 is 0. The van der Waals surface area contributed by atoms with Gasteiger partial charge in [0.15, 0.2) is 6.61 Å². The van der Waals surface area contributed by atoms with Crippen LogP contribution in [0.1, 0.15) is 36.9 Å². The second kappa shape index (κ2) is 5.40. The maximum absolute atomic E-state index is 11.5. The quantitative estimate of drug-likeness (QED) is 0.833. The number of carbonyl (C=O) groups is 1. The predicted octanol–water partition coefficient (Wildman–Crippen LogP) is 1.67. The van der Waals surface area contributed by atoms with Crippen molar-refractivity contribution >= 4 is 5.91 Å². The van der Waals surface area contributed by atoms with Crippen LogP contribution in [0, 0.1) is 6.92 Å². The highest BCUT2D eigenvalue weighted by molar-refractivity contribution is 5.78. The molecule has 0 spiro atoms. The summed E-state index contributed by atoms with van der Waals surface area (Å²) < 4.78 is 5.51. The fourth-order valence-corrected chi connectivity index (χ4v) is 1.76. The molecule has 98 valence electrons. The number of nitrogens with two attached hydrogens (primary N) is 1. The van der Waals surface area contributed by atoms with E-state index >= 15 is 0 Å². The number of benzene rings is 1. The summed E-state index contributed by atoms with van der Waals surface area (Å²) in [4.78, 5) is 11.5. The molecule has 1 fully saturated rings. The van der Waals surface area contributed by atoms with Gasteiger partial charge in [0.2, 0.25) is 0 Å². The van der Waals surface area contributed by atoms with Crippen LogP contribution in [0.15, 0.2) is 18.2 Å². The van der Waals surface area contributed by atoms with Crippen molar-refractivity contribution in [3.8, 4) is 5.75 Å². The van der Waals surface area contributed by atoms with Gasteiger partial charge in [-0.3, -0.25) is 4.79 Å². The van der Waals surface area contributed by atoms with Crippen LogP contribution in [0.5, 0.6) is 5.75 Å². The minimum Gasteiger partial charge on any atom is -0.484 e. The van der Waals surface area contributed by atoms with Crippen molar-refractivity contribution in [2.75, 3.05) is 6.61 Å². The normalized spacial score (nSPS) is 16.2. The van der Waals surface area contributed by atoms with Crippen molar-refractivity contribution in [3.05, 3.63) is 29.3 Å². The molecule has 18 heavy (non-hydrogen) atoms. The molecule has 0 bridgehead atoms. The zero-order valence-corrected chi connectivity index (χ0v) is 10.9. The van der Waals surface area contributed by atoms with Gasteiger partial charge in [-0.15, -0.1) is 0 Å². The largest absolute Gasteiger partial charge is 0.484 e. The van der Waals surface area contributed by atoms with Gasteiger partial charge in [-0.1, -0.05) is 12.1 Å². The highest BCUT2D eigenvalue weighted by atomic mass is 16.5. The van der Waals surface area contributed by atoms with Gasteiger partial charge in [-0.25, -0.2) is 0 Å². The molecule has 0 heterocycles. The minimum absolute atomic E-state index is 0.0101. The highest BCUT2D eigenvalue weighted by Crippen LogP contribution is 2.22. The van der Waals surface area contributed by atoms with Gasteiger partial charge in [-0.05, 0) is 43.9 Å². The molecule has 1 saturated carbocycles. The molecule has 2 rings (SSSR count). The third-order valence-electron chi connectivity index (χ3n) is 3.03. The van der Waals surface area contributed by atoms with Crippen LogP contribution in [-0.2, 0) is 4.79 Å². The van der Waals surface area contributed by atoms with Crippen LogP contribution in [0.4, 0.5) is 0 Å². The standard InChI is InChI=1S/C14H20N2O2/c1-9-7-11(10(2)15)3-6-13(9)18-8-14(17)16-12-4-5-12/h3,6-7,10,12H,4-5,8,15H2,1-2H3,(H,16,17)/t10-/m1/s1. The highest BCUT2D eigenvalue weighted by Gasteiger charge is 2.23. The van der Waals surface area contributed by atoms with Gasteiger partial charge in [0, 0.05) is 12.1 Å². The van der Waals surface area contributed by atoms with Crippen LogP contribution >= 0.6 is 0 Å². The van der Waals surface area contributed by atoms with Crippen molar-refractivity contribution in [2.45, 2.75) is 38.8 Å². The van der Waals surface area contributed by atoms with E-state index in [1.165, 1.54) is 0 Å². The van der Waals surface area contributed by atoms with E-state index in [1.54, 1.807) is 0 Å². The molecule has 0 radical (unpaired) electrons. The number of hydrogen-bond acceptors (Lipinski definition) is 3. The van der Waals surface area contributed by atoms with Gasteiger partial charge in [0.1, 0.15) is 5.75 Å². The lowest BCUT2D eigenvalue weighted by atomic mass is 10.1. The molecule has 1 atom stereocenters. The van der Waals surface area contributed by atoms with Crippen LogP contribution in [0.25, 0.3) is 0 Å². The Labute approximate surface area is 108 Å². The van der Waals surface area contributed by atoms with Crippen molar-refractivity contribution < 1.29 is 9.53 Å². The van der Waals surface area contributed by atoms with Gasteiger partial charge in [-0.2, -0.15) is 0 Å². The number of amides is 1. The molecule has 1 aromatic rings. The Morgan fingerprint density at radius 1 is 1.56 bits per heavy atom. The smallest absolute Gasteiger partial charge is 0.258 e. The molecular weight excluding hydrogens is 228 g/mol. The summed E-state index contributed by atoms with van der Waals surface area (Å²) in [6.07, 6.45) is 2.18. The fourth-order valence-electron chi connectivity index (χ4n) is 1.76. The summed E-state index contributed by atoms with van der Waals surface area (Å²) in [5.41, 5.74) is 7.89. The molecule has 0 aromatic heterocycles. The molecule has 0 unspecified atom stereocenters. The molecule has 0 aliphatic heterocycles. The predicted molar refractivity (Wildman–Crippen MR) is 70.4 cm³/mol. The molecule has 3 N–H and O–H groups in total. The van der Waals surface area contributed by atoms with E-state index in [2.05, 4.69) is 5.32 Å². The maximum Gasteiger partial charge on any atom is 0.258 e. The number of ether oxygens (including phenoxy) is 1. The summed E-state index contributed by atoms with van der Waals surface area (Å²) in [7, 11) is 0. The van der Waals surface area contributed by atoms with Crippen molar-refractivity contribution in [1.29, 1.82) is 0 Å². The van der Waals surface area contributed by atoms with E-state index < -0.39 is 0 Å². The second-order valence-electron chi connectivity index (χ2n) is 4.94. The first-order valence-corrected chi connectivity index (χ1v) is 6.34. The molecule has 4 heteroatoms. The van der Waals surface area contributed by atoms with Gasteiger partial charge in [0.25, 0.3) is 5.91 Å². The first-order chi connectivity index (χ1) is 8.56. The fraction of sp³-hybridized carbons (Fsp3) is 0.500. The number of carbonyl (C=O) groups excluding carboxylic acids is 1. The molecule has 0 saturated heterocycles. The van der Waals surface area contributed by atoms with Crippen LogP contribution in [0.2, 0.25) is 0 Å². The number of nitrogens with one attached hydrogen (secondary N) is 1. The zero-order valence-electron chi connectivity index (χ0n) is 10.9. The average molecular weight is 248 g/mol. The van der Waals surface area contributed by atoms with E-state index in [9.17, 15) is 4.79 Å². The number of rotatable bonds is 5. The van der Waals surface area contributed by atoms with Gasteiger partial charge < -0.3 is 15.8 Å². The SMILES string of the molecule is Cc1cc([C@@H](C)N)ccc1OCC(=O)NC1CC1. The molecular formula is C14H20N2O2. The van der Waals surface area contributed by atoms with E-state index in [0.717, 1.165) is 29.7 Å². The number of aryl methyl sites for hydroxylation is 1. The zero-order chi connectivity index (χ0) is 13.1. The lowest BCUT2D eigenvalue weighted by molar-refractivity contribution is -0.123. The average Bonchev–Trinajstić information content (AvgIpc) is 3.11. The molecule has 1 aliphatic rings. The molecule has 4 nitrogen and oxygen atoms in total. The van der Waals surface area contributed by atoms with Crippen LogP contribution in [-0.4, -0.2) is 18.6 Å². The first-order valence-electron chi connectivity index (χ1n) is 6.34. The lowest BCUT2D eigenvalue weighted by Gasteiger charge is -2.12. The molecule has 1 aromatic carbocycles. The Morgan fingerprint density at radius 3 is 2.83 bits per heavy atom. The van der Waals surface area contributed by atoms with Crippen molar-refractivity contribution in [1.82, 2.24) is 5.32 Å². The molecule has 1 aliphatic carbocycles. The Kier molecular flexibility index (Phi) is 3.87. The Balaban J connectivity index is 1.90. The van der Waals surface area contributed by atoms with Gasteiger partial charge >= 0.3 is 0 Å². The first kappa shape index (κ1) is 12.9. The van der Waals surface area contributed by atoms with Crippen molar-refractivity contribution in [3.63, 3.8) is 0 Å². The second-order valence-corrected chi connectivity index (χ2v) is 4.94. The third kappa shape index (κ3) is 3.47. The number of hydrogen-bond donors (Lipinski definition) is 2. The van der Waals surface area contributed by atoms with Gasteiger partial charge in [0.05, 0.1) is 0 Å². The summed E-state index contributed by atoms with van der Waals surface area (Å²) in [5.74, 6) is 0.693. The van der Waals surface area contributed by atoms with E-state index in [1.807, 2.05) is 32.0 Å². The summed E-state index contributed by atoms with van der Waals surface area (Å²) in [6, 6.07) is 6.20.